The second-order valence-corrected chi connectivity index (χ2v) is 4.20. The predicted molar refractivity (Wildman–Crippen MR) is 73.7 cm³/mol. The van der Waals surface area contributed by atoms with Gasteiger partial charge in [0.25, 0.3) is 0 Å². The monoisotopic (exact) mass is 251 g/mol. The molecule has 2 N–H and O–H groups in total. The van der Waals surface area contributed by atoms with Gasteiger partial charge in [0, 0.05) is 24.4 Å². The van der Waals surface area contributed by atoms with Crippen LogP contribution in [0.4, 0.5) is 0 Å². The smallest absolute Gasteiger partial charge is 0.131 e. The molecule has 1 rings (SSSR count). The molecule has 0 aliphatic rings. The highest BCUT2D eigenvalue weighted by molar-refractivity contribution is 5.27. The Morgan fingerprint density at radius 1 is 1.00 bits per heavy atom. The van der Waals surface area contributed by atoms with Gasteiger partial charge in [-0.2, -0.15) is 0 Å². The lowest BCUT2D eigenvalue weighted by Gasteiger charge is -2.13. The summed E-state index contributed by atoms with van der Waals surface area (Å²) in [6.45, 7) is 8.36. The lowest BCUT2D eigenvalue weighted by Crippen LogP contribution is -2.14. The van der Waals surface area contributed by atoms with Crippen molar-refractivity contribution in [2.24, 2.45) is 5.73 Å². The normalized spacial score (nSPS) is 10.9. The highest BCUT2D eigenvalue weighted by Crippen LogP contribution is 2.14. The first-order valence-corrected chi connectivity index (χ1v) is 6.92. The molecule has 0 spiro atoms. The number of rotatable bonds is 8. The van der Waals surface area contributed by atoms with Gasteiger partial charge in [0.2, 0.25) is 0 Å². The van der Waals surface area contributed by atoms with Crippen molar-refractivity contribution in [3.05, 3.63) is 22.8 Å². The quantitative estimate of drug-likeness (QED) is 0.714. The third-order valence-corrected chi connectivity index (χ3v) is 2.96. The fraction of sp³-hybridized carbons (Fsp3) is 0.714. The molecule has 1 aromatic heterocycles. The van der Waals surface area contributed by atoms with Gasteiger partial charge < -0.3 is 10.5 Å². The fourth-order valence-corrected chi connectivity index (χ4v) is 2.08. The number of nitrogens with zero attached hydrogens (tertiary/aromatic N) is 2. The van der Waals surface area contributed by atoms with E-state index in [0.717, 1.165) is 49.5 Å². The van der Waals surface area contributed by atoms with Crippen LogP contribution >= 0.6 is 0 Å². The number of aromatic nitrogens is 2. The molecule has 1 heterocycles. The van der Waals surface area contributed by atoms with E-state index in [1.54, 1.807) is 0 Å². The second kappa shape index (κ2) is 8.16. The van der Waals surface area contributed by atoms with Crippen LogP contribution in [-0.4, -0.2) is 29.7 Å². The summed E-state index contributed by atoms with van der Waals surface area (Å²) < 4.78 is 5.36. The molecule has 1 aromatic rings. The summed E-state index contributed by atoms with van der Waals surface area (Å²) in [7, 11) is 0. The highest BCUT2D eigenvalue weighted by atomic mass is 16.5. The molecule has 0 unspecified atom stereocenters. The van der Waals surface area contributed by atoms with Gasteiger partial charge in [-0.25, -0.2) is 9.97 Å². The van der Waals surface area contributed by atoms with Gasteiger partial charge >= 0.3 is 0 Å². The van der Waals surface area contributed by atoms with E-state index in [1.807, 2.05) is 6.92 Å². The maximum atomic E-state index is 5.67. The zero-order valence-electron chi connectivity index (χ0n) is 11.8. The van der Waals surface area contributed by atoms with E-state index in [4.69, 9.17) is 10.5 Å². The van der Waals surface area contributed by atoms with Crippen molar-refractivity contribution >= 4 is 0 Å². The number of ether oxygens (including phenoxy) is 1. The molecule has 0 aliphatic carbocycles. The molecule has 0 fully saturated rings. The van der Waals surface area contributed by atoms with Crippen LogP contribution < -0.4 is 5.73 Å². The third-order valence-electron chi connectivity index (χ3n) is 2.96. The molecule has 0 saturated carbocycles. The first-order valence-electron chi connectivity index (χ1n) is 6.92. The van der Waals surface area contributed by atoms with Crippen LogP contribution in [0.15, 0.2) is 0 Å². The minimum Gasteiger partial charge on any atom is -0.381 e. The average molecular weight is 251 g/mol. The van der Waals surface area contributed by atoms with E-state index in [9.17, 15) is 0 Å². The average Bonchev–Trinajstić information content (AvgIpc) is 2.40. The van der Waals surface area contributed by atoms with Gasteiger partial charge in [0.15, 0.2) is 0 Å². The summed E-state index contributed by atoms with van der Waals surface area (Å²) >= 11 is 0. The van der Waals surface area contributed by atoms with Crippen LogP contribution in [0.2, 0.25) is 0 Å². The molecule has 102 valence electrons. The molecule has 0 atom stereocenters. The van der Waals surface area contributed by atoms with Crippen molar-refractivity contribution < 1.29 is 4.74 Å². The summed E-state index contributed by atoms with van der Waals surface area (Å²) in [5, 5.41) is 0. The Morgan fingerprint density at radius 2 is 1.61 bits per heavy atom. The minimum absolute atomic E-state index is 0.654. The molecule has 0 saturated heterocycles. The van der Waals surface area contributed by atoms with Crippen LogP contribution in [0, 0.1) is 0 Å². The topological polar surface area (TPSA) is 61.0 Å². The zero-order valence-corrected chi connectivity index (χ0v) is 11.8. The molecule has 0 radical (unpaired) electrons. The second-order valence-electron chi connectivity index (χ2n) is 4.20. The maximum Gasteiger partial charge on any atom is 0.131 e. The van der Waals surface area contributed by atoms with Crippen molar-refractivity contribution in [1.82, 2.24) is 9.97 Å². The highest BCUT2D eigenvalue weighted by Gasteiger charge is 2.11. The van der Waals surface area contributed by atoms with Crippen molar-refractivity contribution in [2.45, 2.75) is 46.5 Å². The number of aryl methyl sites for hydroxylation is 2. The number of nitrogens with two attached hydrogens (primary N) is 1. The van der Waals surface area contributed by atoms with Crippen molar-refractivity contribution in [3.8, 4) is 0 Å². The van der Waals surface area contributed by atoms with Crippen LogP contribution in [0.3, 0.4) is 0 Å². The molecule has 18 heavy (non-hydrogen) atoms. The standard InChI is InChI=1S/C14H25N3O/c1-4-12-11(7-9-15)13(5-2)17-14(16-12)8-10-18-6-3/h4-10,15H2,1-3H3. The summed E-state index contributed by atoms with van der Waals surface area (Å²) in [6.07, 6.45) is 3.54. The molecule has 0 amide bonds. The molecule has 4 heteroatoms. The SMILES string of the molecule is CCOCCc1nc(CC)c(CCN)c(CC)n1. The molecule has 0 aliphatic heterocycles. The van der Waals surface area contributed by atoms with Gasteiger partial charge in [-0.05, 0) is 38.3 Å². The Balaban J connectivity index is 2.94. The molecule has 4 nitrogen and oxygen atoms in total. The lowest BCUT2D eigenvalue weighted by atomic mass is 10.0. The van der Waals surface area contributed by atoms with Crippen LogP contribution in [0.5, 0.6) is 0 Å². The van der Waals surface area contributed by atoms with E-state index < -0.39 is 0 Å². The van der Waals surface area contributed by atoms with Crippen LogP contribution in [0.1, 0.15) is 43.5 Å². The van der Waals surface area contributed by atoms with Crippen molar-refractivity contribution in [3.63, 3.8) is 0 Å². The summed E-state index contributed by atoms with van der Waals surface area (Å²) in [5.41, 5.74) is 9.22. The van der Waals surface area contributed by atoms with Crippen LogP contribution in [0.25, 0.3) is 0 Å². The first kappa shape index (κ1) is 15.1. The fourth-order valence-electron chi connectivity index (χ4n) is 2.08. The minimum atomic E-state index is 0.654. The molecule has 0 aromatic carbocycles. The van der Waals surface area contributed by atoms with Gasteiger partial charge in [0.05, 0.1) is 6.61 Å². The van der Waals surface area contributed by atoms with Crippen molar-refractivity contribution in [1.29, 1.82) is 0 Å². The van der Waals surface area contributed by atoms with Gasteiger partial charge in [-0.1, -0.05) is 13.8 Å². The summed E-state index contributed by atoms with van der Waals surface area (Å²) in [4.78, 5) is 9.29. The Hall–Kier alpha value is -1.00. The Labute approximate surface area is 110 Å². The largest absolute Gasteiger partial charge is 0.381 e. The number of hydrogen-bond acceptors (Lipinski definition) is 4. The van der Waals surface area contributed by atoms with E-state index in [-0.39, 0.29) is 0 Å². The van der Waals surface area contributed by atoms with Crippen LogP contribution in [-0.2, 0) is 30.4 Å². The Kier molecular flexibility index (Phi) is 6.83. The molecular formula is C14H25N3O. The zero-order chi connectivity index (χ0) is 13.4. The maximum absolute atomic E-state index is 5.67. The predicted octanol–water partition coefficient (Wildman–Crippen LogP) is 1.68. The third kappa shape index (κ3) is 4.03. The first-order chi connectivity index (χ1) is 8.76. The van der Waals surface area contributed by atoms with E-state index in [2.05, 4.69) is 23.8 Å². The summed E-state index contributed by atoms with van der Waals surface area (Å²) in [6, 6.07) is 0. The van der Waals surface area contributed by atoms with Crippen molar-refractivity contribution in [2.75, 3.05) is 19.8 Å². The van der Waals surface area contributed by atoms with E-state index in [0.29, 0.717) is 13.2 Å². The van der Waals surface area contributed by atoms with E-state index in [1.165, 1.54) is 5.56 Å². The van der Waals surface area contributed by atoms with Gasteiger partial charge in [0.1, 0.15) is 5.82 Å². The Morgan fingerprint density at radius 3 is 2.06 bits per heavy atom. The van der Waals surface area contributed by atoms with E-state index >= 15 is 0 Å². The van der Waals surface area contributed by atoms with Gasteiger partial charge in [-0.15, -0.1) is 0 Å². The molecule has 0 bridgehead atoms. The summed E-state index contributed by atoms with van der Waals surface area (Å²) in [5.74, 6) is 0.901. The molecular weight excluding hydrogens is 226 g/mol. The lowest BCUT2D eigenvalue weighted by molar-refractivity contribution is 0.149. The van der Waals surface area contributed by atoms with Gasteiger partial charge in [-0.3, -0.25) is 0 Å². The Bertz CT molecular complexity index is 341. The number of hydrogen-bond donors (Lipinski definition) is 1.